The van der Waals surface area contributed by atoms with Crippen molar-refractivity contribution in [3.63, 3.8) is 0 Å². The summed E-state index contributed by atoms with van der Waals surface area (Å²) >= 11 is 0. The maximum atomic E-state index is 8.22. The van der Waals surface area contributed by atoms with Gasteiger partial charge in [0, 0.05) is 16.8 Å². The van der Waals surface area contributed by atoms with Crippen molar-refractivity contribution >= 4 is 11.5 Å². The van der Waals surface area contributed by atoms with E-state index in [9.17, 15) is 0 Å². The molecule has 0 fully saturated rings. The van der Waals surface area contributed by atoms with Gasteiger partial charge in [0.15, 0.2) is 0 Å². The van der Waals surface area contributed by atoms with Crippen molar-refractivity contribution in [2.24, 2.45) is 0 Å². The average molecular weight is 272 g/mol. The van der Waals surface area contributed by atoms with Gasteiger partial charge in [-0.1, -0.05) is 78.9 Å². The quantitative estimate of drug-likeness (QED) is 0.522. The Labute approximate surface area is 124 Å². The van der Waals surface area contributed by atoms with Gasteiger partial charge in [-0.15, -0.1) is 0 Å². The van der Waals surface area contributed by atoms with E-state index in [1.807, 2.05) is 66.7 Å². The number of amidine groups is 1. The van der Waals surface area contributed by atoms with Gasteiger partial charge in [-0.25, -0.2) is 0 Å². The fourth-order valence-corrected chi connectivity index (χ4v) is 2.27. The topological polar surface area (TPSA) is 35.9 Å². The molecule has 2 nitrogen and oxygen atoms in total. The zero-order valence-electron chi connectivity index (χ0n) is 11.6. The van der Waals surface area contributed by atoms with Crippen molar-refractivity contribution in [3.05, 3.63) is 90.5 Å². The Kier molecular flexibility index (Phi) is 3.79. The molecule has 2 N–H and O–H groups in total. The molecule has 0 spiro atoms. The highest BCUT2D eigenvalue weighted by molar-refractivity contribution is 6.07. The first-order chi connectivity index (χ1) is 10.3. The fraction of sp³-hybridized carbons (Fsp3) is 0. The summed E-state index contributed by atoms with van der Waals surface area (Å²) in [7, 11) is 0. The standard InChI is InChI=1S/C19H16N2/c20-19(16-11-5-2-6-12-16)21-18-14-8-7-13-17(18)15-9-3-1-4-10-15/h1-14H,(H2,20,21). The zero-order valence-corrected chi connectivity index (χ0v) is 11.6. The lowest BCUT2D eigenvalue weighted by Crippen LogP contribution is -2.12. The van der Waals surface area contributed by atoms with Gasteiger partial charge in [0.25, 0.3) is 0 Å². The number of rotatable bonds is 3. The first kappa shape index (κ1) is 13.1. The summed E-state index contributed by atoms with van der Waals surface area (Å²) in [6.45, 7) is 0. The van der Waals surface area contributed by atoms with E-state index in [2.05, 4.69) is 23.5 Å². The molecule has 0 aliphatic heterocycles. The van der Waals surface area contributed by atoms with Crippen molar-refractivity contribution in [2.75, 3.05) is 5.32 Å². The number of hydrogen-bond acceptors (Lipinski definition) is 1. The van der Waals surface area contributed by atoms with Crippen LogP contribution in [0.3, 0.4) is 0 Å². The van der Waals surface area contributed by atoms with Crippen LogP contribution in [0.15, 0.2) is 84.9 Å². The molecule has 3 rings (SSSR count). The third-order valence-corrected chi connectivity index (χ3v) is 3.33. The molecule has 0 aliphatic carbocycles. The number of anilines is 1. The molecule has 0 saturated heterocycles. The Balaban J connectivity index is 1.92. The minimum atomic E-state index is 0.402. The minimum Gasteiger partial charge on any atom is -0.340 e. The van der Waals surface area contributed by atoms with Gasteiger partial charge < -0.3 is 5.32 Å². The number of para-hydroxylation sites is 1. The molecule has 0 heterocycles. The van der Waals surface area contributed by atoms with Crippen LogP contribution in [0, 0.1) is 5.41 Å². The molecule has 0 radical (unpaired) electrons. The normalized spacial score (nSPS) is 10.1. The van der Waals surface area contributed by atoms with E-state index < -0.39 is 0 Å². The van der Waals surface area contributed by atoms with Gasteiger partial charge in [0.1, 0.15) is 5.84 Å². The smallest absolute Gasteiger partial charge is 0.129 e. The van der Waals surface area contributed by atoms with Crippen LogP contribution in [0.5, 0.6) is 0 Å². The molecule has 3 aromatic rings. The molecule has 0 saturated carbocycles. The predicted octanol–water partition coefficient (Wildman–Crippen LogP) is 4.79. The lowest BCUT2D eigenvalue weighted by Gasteiger charge is -2.13. The first-order valence-electron chi connectivity index (χ1n) is 6.90. The van der Waals surface area contributed by atoms with E-state index in [1.165, 1.54) is 0 Å². The molecular formula is C19H16N2. The molecule has 0 unspecified atom stereocenters. The zero-order chi connectivity index (χ0) is 14.5. The van der Waals surface area contributed by atoms with Gasteiger partial charge in [-0.2, -0.15) is 0 Å². The Morgan fingerprint density at radius 1 is 0.667 bits per heavy atom. The van der Waals surface area contributed by atoms with Gasteiger partial charge in [0.05, 0.1) is 0 Å². The summed E-state index contributed by atoms with van der Waals surface area (Å²) < 4.78 is 0. The molecule has 3 aromatic carbocycles. The van der Waals surface area contributed by atoms with Gasteiger partial charge in [0.2, 0.25) is 0 Å². The first-order valence-corrected chi connectivity index (χ1v) is 6.90. The molecular weight excluding hydrogens is 256 g/mol. The Morgan fingerprint density at radius 2 is 1.24 bits per heavy atom. The predicted molar refractivity (Wildman–Crippen MR) is 88.8 cm³/mol. The summed E-state index contributed by atoms with van der Waals surface area (Å²) in [6, 6.07) is 28.0. The van der Waals surface area contributed by atoms with Crippen molar-refractivity contribution in [1.29, 1.82) is 5.41 Å². The second-order valence-electron chi connectivity index (χ2n) is 4.78. The summed E-state index contributed by atoms with van der Waals surface area (Å²) in [4.78, 5) is 0. The van der Waals surface area contributed by atoms with E-state index in [1.54, 1.807) is 0 Å². The van der Waals surface area contributed by atoms with E-state index in [0.717, 1.165) is 22.4 Å². The summed E-state index contributed by atoms with van der Waals surface area (Å²) in [5.41, 5.74) is 4.05. The minimum absolute atomic E-state index is 0.402. The third-order valence-electron chi connectivity index (χ3n) is 3.33. The van der Waals surface area contributed by atoms with Crippen LogP contribution in [0.2, 0.25) is 0 Å². The van der Waals surface area contributed by atoms with Crippen LogP contribution in [-0.4, -0.2) is 5.84 Å². The van der Waals surface area contributed by atoms with Crippen molar-refractivity contribution in [1.82, 2.24) is 0 Å². The van der Waals surface area contributed by atoms with Gasteiger partial charge >= 0.3 is 0 Å². The maximum Gasteiger partial charge on any atom is 0.129 e. The second-order valence-corrected chi connectivity index (χ2v) is 4.78. The SMILES string of the molecule is N=C(Nc1ccccc1-c1ccccc1)c1ccccc1. The molecule has 0 atom stereocenters. The Bertz CT molecular complexity index is 734. The van der Waals surface area contributed by atoms with E-state index in [-0.39, 0.29) is 0 Å². The van der Waals surface area contributed by atoms with Crippen LogP contribution in [0.1, 0.15) is 5.56 Å². The van der Waals surface area contributed by atoms with Crippen LogP contribution < -0.4 is 5.32 Å². The van der Waals surface area contributed by atoms with Crippen LogP contribution >= 0.6 is 0 Å². The molecule has 0 bridgehead atoms. The highest BCUT2D eigenvalue weighted by atomic mass is 14.9. The average Bonchev–Trinajstić information content (AvgIpc) is 2.57. The third kappa shape index (κ3) is 3.00. The molecule has 0 aromatic heterocycles. The summed E-state index contributed by atoms with van der Waals surface area (Å²) in [5, 5.41) is 11.4. The molecule has 0 amide bonds. The summed E-state index contributed by atoms with van der Waals surface area (Å²) in [6.07, 6.45) is 0. The molecule has 21 heavy (non-hydrogen) atoms. The Hall–Kier alpha value is -2.87. The highest BCUT2D eigenvalue weighted by Gasteiger charge is 2.06. The number of benzene rings is 3. The lowest BCUT2D eigenvalue weighted by molar-refractivity contribution is 1.44. The maximum absolute atomic E-state index is 8.22. The largest absolute Gasteiger partial charge is 0.340 e. The highest BCUT2D eigenvalue weighted by Crippen LogP contribution is 2.27. The van der Waals surface area contributed by atoms with E-state index in [0.29, 0.717) is 5.84 Å². The monoisotopic (exact) mass is 272 g/mol. The van der Waals surface area contributed by atoms with E-state index in [4.69, 9.17) is 5.41 Å². The van der Waals surface area contributed by atoms with Gasteiger partial charge in [-0.05, 0) is 11.6 Å². The van der Waals surface area contributed by atoms with Crippen molar-refractivity contribution in [2.45, 2.75) is 0 Å². The summed E-state index contributed by atoms with van der Waals surface area (Å²) in [5.74, 6) is 0.402. The van der Waals surface area contributed by atoms with Crippen molar-refractivity contribution in [3.8, 4) is 11.1 Å². The lowest BCUT2D eigenvalue weighted by atomic mass is 10.0. The number of hydrogen-bond donors (Lipinski definition) is 2. The molecule has 2 heteroatoms. The number of nitrogens with one attached hydrogen (secondary N) is 2. The van der Waals surface area contributed by atoms with Crippen LogP contribution in [0.25, 0.3) is 11.1 Å². The molecule has 0 aliphatic rings. The van der Waals surface area contributed by atoms with Crippen LogP contribution in [0.4, 0.5) is 5.69 Å². The second kappa shape index (κ2) is 6.06. The van der Waals surface area contributed by atoms with Crippen molar-refractivity contribution < 1.29 is 0 Å². The van der Waals surface area contributed by atoms with E-state index >= 15 is 0 Å². The Morgan fingerprint density at radius 3 is 1.95 bits per heavy atom. The van der Waals surface area contributed by atoms with Gasteiger partial charge in [-0.3, -0.25) is 5.41 Å². The fourth-order valence-electron chi connectivity index (χ4n) is 2.27. The van der Waals surface area contributed by atoms with Crippen LogP contribution in [-0.2, 0) is 0 Å². The molecule has 102 valence electrons.